The summed E-state index contributed by atoms with van der Waals surface area (Å²) in [4.78, 5) is 10.5. The van der Waals surface area contributed by atoms with Crippen LogP contribution in [0.15, 0.2) is 0 Å². The van der Waals surface area contributed by atoms with E-state index in [0.29, 0.717) is 12.8 Å². The van der Waals surface area contributed by atoms with Crippen LogP contribution in [0.2, 0.25) is 0 Å². The summed E-state index contributed by atoms with van der Waals surface area (Å²) in [6.45, 7) is 1.73. The number of sulfone groups is 1. The van der Waals surface area contributed by atoms with Crippen LogP contribution >= 0.6 is 0 Å². The average Bonchev–Trinajstić information content (AvgIpc) is 1.79. The predicted octanol–water partition coefficient (Wildman–Crippen LogP) is 0.676. The second-order valence-corrected chi connectivity index (χ2v) is 6.26. The maximum Gasteiger partial charge on any atom is 0.303 e. The number of carboxylic acid groups (broad SMARTS) is 1. The van der Waals surface area contributed by atoms with Crippen molar-refractivity contribution in [3.05, 3.63) is 0 Å². The van der Waals surface area contributed by atoms with Crippen molar-refractivity contribution in [2.75, 3.05) is 11.5 Å². The van der Waals surface area contributed by atoms with Crippen molar-refractivity contribution in [3.63, 3.8) is 0 Å². The zero-order valence-corrected chi connectivity index (χ0v) is 8.43. The van der Waals surface area contributed by atoms with E-state index in [2.05, 4.69) is 0 Å². The highest BCUT2D eigenvalue weighted by Gasteiger charge is 2.36. The number of rotatable bonds is 2. The zero-order chi connectivity index (χ0) is 10.1. The number of carbonyl (C=O) groups is 1. The molecular formula is C8H14O4S. The normalized spacial score (nSPS) is 32.7. The molecule has 1 aliphatic rings. The van der Waals surface area contributed by atoms with Crippen molar-refractivity contribution in [2.24, 2.45) is 5.41 Å². The molecule has 4 nitrogen and oxygen atoms in total. The summed E-state index contributed by atoms with van der Waals surface area (Å²) in [5.74, 6) is -0.686. The lowest BCUT2D eigenvalue weighted by Gasteiger charge is -2.31. The van der Waals surface area contributed by atoms with Gasteiger partial charge in [0, 0.05) is 0 Å². The van der Waals surface area contributed by atoms with E-state index in [0.717, 1.165) is 0 Å². The number of hydrogen-bond donors (Lipinski definition) is 1. The topological polar surface area (TPSA) is 71.4 Å². The summed E-state index contributed by atoms with van der Waals surface area (Å²) in [6.07, 6.45) is 1.23. The Labute approximate surface area is 77.9 Å². The van der Waals surface area contributed by atoms with E-state index in [1.165, 1.54) is 0 Å². The van der Waals surface area contributed by atoms with Crippen molar-refractivity contribution < 1.29 is 18.3 Å². The van der Waals surface area contributed by atoms with E-state index < -0.39 is 21.2 Å². The van der Waals surface area contributed by atoms with Gasteiger partial charge in [0.1, 0.15) is 0 Å². The molecule has 0 bridgehead atoms. The van der Waals surface area contributed by atoms with Crippen LogP contribution in [0.3, 0.4) is 0 Å². The molecule has 0 aromatic rings. The predicted molar refractivity (Wildman–Crippen MR) is 48.2 cm³/mol. The van der Waals surface area contributed by atoms with Crippen LogP contribution in [0.1, 0.15) is 26.2 Å². The molecule has 0 radical (unpaired) electrons. The van der Waals surface area contributed by atoms with Gasteiger partial charge in [-0.1, -0.05) is 6.92 Å². The summed E-state index contributed by atoms with van der Waals surface area (Å²) in [5.41, 5.74) is -0.553. The first kappa shape index (κ1) is 10.5. The fraction of sp³-hybridized carbons (Fsp3) is 0.875. The van der Waals surface area contributed by atoms with Crippen molar-refractivity contribution in [1.29, 1.82) is 0 Å². The zero-order valence-electron chi connectivity index (χ0n) is 7.62. The highest BCUT2D eigenvalue weighted by molar-refractivity contribution is 7.91. The Morgan fingerprint density at radius 3 is 2.62 bits per heavy atom. The third kappa shape index (κ3) is 2.99. The minimum Gasteiger partial charge on any atom is -0.481 e. The molecule has 1 heterocycles. The molecule has 1 unspecified atom stereocenters. The lowest BCUT2D eigenvalue weighted by atomic mass is 9.84. The molecule has 1 saturated heterocycles. The second kappa shape index (κ2) is 3.29. The van der Waals surface area contributed by atoms with Gasteiger partial charge in [-0.05, 0) is 18.3 Å². The molecule has 0 saturated carbocycles. The highest BCUT2D eigenvalue weighted by atomic mass is 32.2. The maximum absolute atomic E-state index is 11.3. The van der Waals surface area contributed by atoms with Gasteiger partial charge in [-0.3, -0.25) is 4.79 Å². The summed E-state index contributed by atoms with van der Waals surface area (Å²) in [6, 6.07) is 0. The Kier molecular flexibility index (Phi) is 2.66. The van der Waals surface area contributed by atoms with Crippen LogP contribution in [0.5, 0.6) is 0 Å². The molecule has 13 heavy (non-hydrogen) atoms. The maximum atomic E-state index is 11.3. The first-order valence-corrected chi connectivity index (χ1v) is 6.07. The first-order chi connectivity index (χ1) is 5.83. The van der Waals surface area contributed by atoms with E-state index in [4.69, 9.17) is 5.11 Å². The molecular weight excluding hydrogens is 192 g/mol. The van der Waals surface area contributed by atoms with Gasteiger partial charge >= 0.3 is 5.97 Å². The number of aliphatic carboxylic acids is 1. The Morgan fingerprint density at radius 2 is 2.15 bits per heavy atom. The van der Waals surface area contributed by atoms with E-state index in [1.54, 1.807) is 6.92 Å². The summed E-state index contributed by atoms with van der Waals surface area (Å²) in [5, 5.41) is 8.61. The Morgan fingerprint density at radius 1 is 1.54 bits per heavy atom. The smallest absolute Gasteiger partial charge is 0.303 e. The van der Waals surface area contributed by atoms with Crippen molar-refractivity contribution in [3.8, 4) is 0 Å². The fourth-order valence-corrected chi connectivity index (χ4v) is 3.94. The van der Waals surface area contributed by atoms with Gasteiger partial charge in [-0.2, -0.15) is 0 Å². The van der Waals surface area contributed by atoms with Gasteiger partial charge in [0.25, 0.3) is 0 Å². The molecule has 1 fully saturated rings. The molecule has 0 aromatic carbocycles. The highest BCUT2D eigenvalue weighted by Crippen LogP contribution is 2.33. The van der Waals surface area contributed by atoms with Crippen LogP contribution < -0.4 is 0 Å². The molecule has 5 heteroatoms. The van der Waals surface area contributed by atoms with Crippen molar-refractivity contribution in [2.45, 2.75) is 26.2 Å². The number of hydrogen-bond acceptors (Lipinski definition) is 3. The van der Waals surface area contributed by atoms with Gasteiger partial charge in [0.2, 0.25) is 0 Å². The first-order valence-electron chi connectivity index (χ1n) is 4.25. The third-order valence-electron chi connectivity index (χ3n) is 2.38. The summed E-state index contributed by atoms with van der Waals surface area (Å²) in [7, 11) is -3.00. The van der Waals surface area contributed by atoms with Gasteiger partial charge in [0.05, 0.1) is 17.9 Å². The Bertz CT molecular complexity index is 306. The van der Waals surface area contributed by atoms with Crippen LogP contribution in [0, 0.1) is 5.41 Å². The molecule has 1 N–H and O–H groups in total. The fourth-order valence-electron chi connectivity index (χ4n) is 1.90. The SMILES string of the molecule is CC1(CC(=O)O)CCCS(=O)(=O)C1. The molecule has 0 aliphatic carbocycles. The molecule has 1 atom stereocenters. The lowest BCUT2D eigenvalue weighted by Crippen LogP contribution is -2.35. The minimum absolute atomic E-state index is 0.0201. The standard InChI is InChI=1S/C8H14O4S/c1-8(5-7(9)10)3-2-4-13(11,12)6-8/h2-6H2,1H3,(H,9,10). The molecule has 0 spiro atoms. The molecule has 0 amide bonds. The van der Waals surface area contributed by atoms with Gasteiger partial charge in [0.15, 0.2) is 9.84 Å². The van der Waals surface area contributed by atoms with Crippen LogP contribution in [-0.2, 0) is 14.6 Å². The van der Waals surface area contributed by atoms with Crippen molar-refractivity contribution in [1.82, 2.24) is 0 Å². The minimum atomic E-state index is -3.00. The second-order valence-electron chi connectivity index (χ2n) is 4.08. The Balaban J connectivity index is 2.74. The van der Waals surface area contributed by atoms with Gasteiger partial charge < -0.3 is 5.11 Å². The monoisotopic (exact) mass is 206 g/mol. The quantitative estimate of drug-likeness (QED) is 0.721. The van der Waals surface area contributed by atoms with Gasteiger partial charge in [-0.25, -0.2) is 8.42 Å². The largest absolute Gasteiger partial charge is 0.481 e. The number of carboxylic acids is 1. The molecule has 1 rings (SSSR count). The molecule has 76 valence electrons. The van der Waals surface area contributed by atoms with Crippen LogP contribution in [0.4, 0.5) is 0 Å². The van der Waals surface area contributed by atoms with E-state index in [-0.39, 0.29) is 17.9 Å². The van der Waals surface area contributed by atoms with E-state index in [9.17, 15) is 13.2 Å². The van der Waals surface area contributed by atoms with E-state index in [1.807, 2.05) is 0 Å². The van der Waals surface area contributed by atoms with E-state index >= 15 is 0 Å². The summed E-state index contributed by atoms with van der Waals surface area (Å²) >= 11 is 0. The summed E-state index contributed by atoms with van der Waals surface area (Å²) < 4.78 is 22.5. The Hall–Kier alpha value is -0.580. The molecule has 0 aromatic heterocycles. The van der Waals surface area contributed by atoms with Crippen LogP contribution in [-0.4, -0.2) is 31.0 Å². The third-order valence-corrected chi connectivity index (χ3v) is 4.43. The van der Waals surface area contributed by atoms with Crippen LogP contribution in [0.25, 0.3) is 0 Å². The van der Waals surface area contributed by atoms with Crippen molar-refractivity contribution >= 4 is 15.8 Å². The lowest BCUT2D eigenvalue weighted by molar-refractivity contribution is -0.139. The molecule has 1 aliphatic heterocycles. The van der Waals surface area contributed by atoms with Gasteiger partial charge in [-0.15, -0.1) is 0 Å². The average molecular weight is 206 g/mol.